The Morgan fingerprint density at radius 3 is 2.53 bits per heavy atom. The van der Waals surface area contributed by atoms with Crippen molar-refractivity contribution in [3.05, 3.63) is 34.4 Å². The zero-order chi connectivity index (χ0) is 12.6. The molecule has 0 atom stereocenters. The highest BCUT2D eigenvalue weighted by atomic mass is 79.9. The van der Waals surface area contributed by atoms with Gasteiger partial charge in [-0.25, -0.2) is 0 Å². The van der Waals surface area contributed by atoms with Crippen molar-refractivity contribution in [1.29, 1.82) is 0 Å². The zero-order valence-electron chi connectivity index (χ0n) is 8.12. The van der Waals surface area contributed by atoms with Gasteiger partial charge in [-0.3, -0.25) is 0 Å². The number of rotatable bonds is 1. The summed E-state index contributed by atoms with van der Waals surface area (Å²) in [6.45, 7) is 0. The van der Waals surface area contributed by atoms with E-state index in [2.05, 4.69) is 25.6 Å². The second-order valence-electron chi connectivity index (χ2n) is 3.24. The van der Waals surface area contributed by atoms with Crippen molar-refractivity contribution in [2.24, 2.45) is 0 Å². The lowest BCUT2D eigenvalue weighted by Gasteiger charge is -2.00. The number of hydrogen-bond acceptors (Lipinski definition) is 3. The SMILES string of the molecule is Oc1ccc(Br)cc1-c1cc(C(F)(F)F)no1. The molecule has 1 aromatic heterocycles. The third-order valence-electron chi connectivity index (χ3n) is 2.02. The number of aromatic nitrogens is 1. The summed E-state index contributed by atoms with van der Waals surface area (Å²) in [6, 6.07) is 5.08. The van der Waals surface area contributed by atoms with Gasteiger partial charge in [-0.15, -0.1) is 0 Å². The Labute approximate surface area is 102 Å². The number of alkyl halides is 3. The minimum atomic E-state index is -4.57. The van der Waals surface area contributed by atoms with Gasteiger partial charge in [0.2, 0.25) is 0 Å². The number of halogens is 4. The topological polar surface area (TPSA) is 46.3 Å². The van der Waals surface area contributed by atoms with E-state index in [1.54, 1.807) is 6.07 Å². The molecule has 0 bridgehead atoms. The molecule has 17 heavy (non-hydrogen) atoms. The number of nitrogens with zero attached hydrogens (tertiary/aromatic N) is 1. The average Bonchev–Trinajstić information content (AvgIpc) is 2.70. The van der Waals surface area contributed by atoms with E-state index in [0.717, 1.165) is 6.07 Å². The summed E-state index contributed by atoms with van der Waals surface area (Å²) in [6.07, 6.45) is -4.57. The maximum absolute atomic E-state index is 12.3. The molecule has 0 amide bonds. The monoisotopic (exact) mass is 307 g/mol. The van der Waals surface area contributed by atoms with Crippen molar-refractivity contribution in [2.75, 3.05) is 0 Å². The van der Waals surface area contributed by atoms with Crippen LogP contribution in [0.5, 0.6) is 5.75 Å². The summed E-state index contributed by atoms with van der Waals surface area (Å²) in [5.41, 5.74) is -0.991. The standard InChI is InChI=1S/C10H5BrF3NO2/c11-5-1-2-7(16)6(3-5)8-4-9(15-17-8)10(12,13)14/h1-4,16H. The first-order valence-corrected chi connectivity index (χ1v) is 5.20. The number of aromatic hydroxyl groups is 1. The molecule has 0 fully saturated rings. The lowest BCUT2D eigenvalue weighted by Crippen LogP contribution is -2.04. The van der Waals surface area contributed by atoms with E-state index in [1.165, 1.54) is 12.1 Å². The second kappa shape index (κ2) is 4.06. The lowest BCUT2D eigenvalue weighted by atomic mass is 10.1. The van der Waals surface area contributed by atoms with Gasteiger partial charge in [-0.05, 0) is 18.2 Å². The molecular formula is C10H5BrF3NO2. The maximum Gasteiger partial charge on any atom is 0.436 e. The zero-order valence-corrected chi connectivity index (χ0v) is 9.71. The fourth-order valence-corrected chi connectivity index (χ4v) is 1.60. The minimum Gasteiger partial charge on any atom is -0.507 e. The summed E-state index contributed by atoms with van der Waals surface area (Å²) in [4.78, 5) is 0. The number of phenolic OH excluding ortho intramolecular Hbond substituents is 1. The summed E-state index contributed by atoms with van der Waals surface area (Å²) < 4.78 is 42.1. The fraction of sp³-hybridized carbons (Fsp3) is 0.100. The Kier molecular flexibility index (Phi) is 2.86. The first kappa shape index (κ1) is 12.0. The Morgan fingerprint density at radius 1 is 1.24 bits per heavy atom. The third-order valence-corrected chi connectivity index (χ3v) is 2.52. The maximum atomic E-state index is 12.3. The highest BCUT2D eigenvalue weighted by Crippen LogP contribution is 2.35. The lowest BCUT2D eigenvalue weighted by molar-refractivity contribution is -0.142. The van der Waals surface area contributed by atoms with Crippen molar-refractivity contribution < 1.29 is 22.8 Å². The number of hydrogen-bond donors (Lipinski definition) is 1. The molecule has 0 saturated heterocycles. The molecule has 3 nitrogen and oxygen atoms in total. The molecular weight excluding hydrogens is 303 g/mol. The number of benzene rings is 1. The van der Waals surface area contributed by atoms with E-state index in [0.29, 0.717) is 4.47 Å². The summed E-state index contributed by atoms with van der Waals surface area (Å²) >= 11 is 3.14. The second-order valence-corrected chi connectivity index (χ2v) is 4.15. The van der Waals surface area contributed by atoms with Gasteiger partial charge in [0, 0.05) is 10.5 Å². The van der Waals surface area contributed by atoms with Crippen LogP contribution in [0.2, 0.25) is 0 Å². The Bertz CT molecular complexity index is 551. The summed E-state index contributed by atoms with van der Waals surface area (Å²) in [5.74, 6) is -0.325. The number of phenols is 1. The highest BCUT2D eigenvalue weighted by Gasteiger charge is 2.35. The highest BCUT2D eigenvalue weighted by molar-refractivity contribution is 9.10. The first-order valence-electron chi connectivity index (χ1n) is 4.41. The molecule has 7 heteroatoms. The van der Waals surface area contributed by atoms with Crippen LogP contribution >= 0.6 is 15.9 Å². The van der Waals surface area contributed by atoms with Crippen LogP contribution in [-0.2, 0) is 6.18 Å². The van der Waals surface area contributed by atoms with Crippen LogP contribution in [-0.4, -0.2) is 10.3 Å². The molecule has 0 aliphatic carbocycles. The molecule has 2 rings (SSSR count). The minimum absolute atomic E-state index is 0.141. The van der Waals surface area contributed by atoms with Gasteiger partial charge in [-0.2, -0.15) is 13.2 Å². The van der Waals surface area contributed by atoms with Gasteiger partial charge in [0.05, 0.1) is 5.56 Å². The third kappa shape index (κ3) is 2.44. The van der Waals surface area contributed by atoms with Crippen molar-refractivity contribution in [1.82, 2.24) is 5.16 Å². The quantitative estimate of drug-likeness (QED) is 0.871. The average molecular weight is 308 g/mol. The van der Waals surface area contributed by atoms with Gasteiger partial charge in [0.15, 0.2) is 11.5 Å². The molecule has 1 N–H and O–H groups in total. The van der Waals surface area contributed by atoms with E-state index < -0.39 is 11.9 Å². The van der Waals surface area contributed by atoms with E-state index in [1.807, 2.05) is 0 Å². The van der Waals surface area contributed by atoms with Crippen molar-refractivity contribution in [3.8, 4) is 17.1 Å². The molecule has 90 valence electrons. The van der Waals surface area contributed by atoms with Crippen LogP contribution in [0.1, 0.15) is 5.69 Å². The van der Waals surface area contributed by atoms with Crippen LogP contribution in [0.4, 0.5) is 13.2 Å². The van der Waals surface area contributed by atoms with E-state index >= 15 is 0 Å². The molecule has 0 aliphatic heterocycles. The van der Waals surface area contributed by atoms with Crippen molar-refractivity contribution >= 4 is 15.9 Å². The Hall–Kier alpha value is -1.50. The molecule has 0 spiro atoms. The molecule has 0 saturated carbocycles. The molecule has 1 heterocycles. The Balaban J connectivity index is 2.47. The van der Waals surface area contributed by atoms with Crippen LogP contribution in [0.25, 0.3) is 11.3 Å². The van der Waals surface area contributed by atoms with Gasteiger partial charge in [0.25, 0.3) is 0 Å². The molecule has 0 radical (unpaired) electrons. The summed E-state index contributed by atoms with van der Waals surface area (Å²) in [5, 5.41) is 12.4. The van der Waals surface area contributed by atoms with Crippen LogP contribution in [0, 0.1) is 0 Å². The smallest absolute Gasteiger partial charge is 0.436 e. The first-order chi connectivity index (χ1) is 7.88. The van der Waals surface area contributed by atoms with Crippen LogP contribution in [0.3, 0.4) is 0 Å². The van der Waals surface area contributed by atoms with E-state index in [9.17, 15) is 18.3 Å². The van der Waals surface area contributed by atoms with Crippen LogP contribution < -0.4 is 0 Å². The predicted octanol–water partition coefficient (Wildman–Crippen LogP) is 3.83. The van der Waals surface area contributed by atoms with Crippen LogP contribution in [0.15, 0.2) is 33.3 Å². The molecule has 0 unspecified atom stereocenters. The van der Waals surface area contributed by atoms with E-state index in [4.69, 9.17) is 0 Å². The van der Waals surface area contributed by atoms with Gasteiger partial charge in [0.1, 0.15) is 5.75 Å². The van der Waals surface area contributed by atoms with E-state index in [-0.39, 0.29) is 17.1 Å². The predicted molar refractivity (Wildman–Crippen MR) is 56.3 cm³/mol. The van der Waals surface area contributed by atoms with Gasteiger partial charge >= 0.3 is 6.18 Å². The largest absolute Gasteiger partial charge is 0.507 e. The van der Waals surface area contributed by atoms with Gasteiger partial charge < -0.3 is 9.63 Å². The molecule has 1 aromatic carbocycles. The fourth-order valence-electron chi connectivity index (χ4n) is 1.24. The van der Waals surface area contributed by atoms with Crippen molar-refractivity contribution in [3.63, 3.8) is 0 Å². The molecule has 2 aromatic rings. The molecule has 0 aliphatic rings. The Morgan fingerprint density at radius 2 is 1.94 bits per heavy atom. The van der Waals surface area contributed by atoms with Gasteiger partial charge in [-0.1, -0.05) is 21.1 Å². The summed E-state index contributed by atoms with van der Waals surface area (Å²) in [7, 11) is 0. The van der Waals surface area contributed by atoms with Crippen molar-refractivity contribution in [2.45, 2.75) is 6.18 Å². The normalized spacial score (nSPS) is 11.8.